The molecule has 4 heteroatoms. The van der Waals surface area contributed by atoms with Gasteiger partial charge in [0.2, 0.25) is 0 Å². The van der Waals surface area contributed by atoms with Crippen LogP contribution in [0.5, 0.6) is 5.75 Å². The third-order valence-corrected chi connectivity index (χ3v) is 3.78. The third kappa shape index (κ3) is 2.27. The Hall–Kier alpha value is -1.94. The van der Waals surface area contributed by atoms with Gasteiger partial charge in [0.25, 0.3) is 0 Å². The quantitative estimate of drug-likeness (QED) is 0.720. The van der Waals surface area contributed by atoms with Gasteiger partial charge < -0.3 is 5.11 Å². The van der Waals surface area contributed by atoms with Gasteiger partial charge in [-0.3, -0.25) is 0 Å². The second-order valence-corrected chi connectivity index (χ2v) is 5.77. The summed E-state index contributed by atoms with van der Waals surface area (Å²) in [6.45, 7) is 3.76. The summed E-state index contributed by atoms with van der Waals surface area (Å²) in [5, 5.41) is 10.8. The number of aromatic hydroxyl groups is 1. The van der Waals surface area contributed by atoms with Crippen molar-refractivity contribution in [1.29, 1.82) is 0 Å². The minimum atomic E-state index is 0.332. The Morgan fingerprint density at radius 2 is 1.75 bits per heavy atom. The number of fused-ring (bicyclic) bond motifs is 1. The molecular weight excluding hydrogens is 316 g/mol. The molecule has 0 radical (unpaired) electrons. The van der Waals surface area contributed by atoms with E-state index in [1.165, 1.54) is 0 Å². The van der Waals surface area contributed by atoms with Gasteiger partial charge in [0.15, 0.2) is 5.82 Å². The molecule has 1 heterocycles. The normalized spacial score (nSPS) is 10.9. The van der Waals surface area contributed by atoms with Crippen LogP contribution in [0.25, 0.3) is 22.3 Å². The maximum Gasteiger partial charge on any atom is 0.159 e. The summed E-state index contributed by atoms with van der Waals surface area (Å²) in [6.07, 6.45) is 1.82. The average Bonchev–Trinajstić information content (AvgIpc) is 2.43. The highest BCUT2D eigenvalue weighted by Gasteiger charge is 2.08. The molecule has 0 spiro atoms. The Balaban J connectivity index is 2.17. The Labute approximate surface area is 125 Å². The summed E-state index contributed by atoms with van der Waals surface area (Å²) in [5.74, 6) is 1.00. The molecule has 0 aliphatic heterocycles. The van der Waals surface area contributed by atoms with E-state index in [1.807, 2.05) is 50.4 Å². The minimum Gasteiger partial charge on any atom is -0.507 e. The van der Waals surface area contributed by atoms with Gasteiger partial charge in [-0.05, 0) is 55.3 Å². The van der Waals surface area contributed by atoms with Crippen molar-refractivity contribution in [3.05, 3.63) is 52.1 Å². The van der Waals surface area contributed by atoms with E-state index in [2.05, 4.69) is 25.9 Å². The molecule has 100 valence electrons. The molecule has 0 unspecified atom stereocenters. The zero-order valence-electron chi connectivity index (χ0n) is 11.2. The van der Waals surface area contributed by atoms with E-state index >= 15 is 0 Å². The van der Waals surface area contributed by atoms with Crippen LogP contribution >= 0.6 is 15.9 Å². The summed E-state index contributed by atoms with van der Waals surface area (Å²) in [4.78, 5) is 9.00. The Morgan fingerprint density at radius 3 is 2.45 bits per heavy atom. The number of benzene rings is 2. The lowest BCUT2D eigenvalue weighted by Crippen LogP contribution is -1.92. The Kier molecular flexibility index (Phi) is 3.18. The number of phenols is 1. The number of aromatic nitrogens is 2. The summed E-state index contributed by atoms with van der Waals surface area (Å²) >= 11 is 3.44. The lowest BCUT2D eigenvalue weighted by molar-refractivity contribution is 0.467. The maximum atomic E-state index is 9.83. The highest BCUT2D eigenvalue weighted by molar-refractivity contribution is 9.10. The van der Waals surface area contributed by atoms with Crippen LogP contribution in [0.3, 0.4) is 0 Å². The molecule has 0 aliphatic carbocycles. The number of aryl methyl sites for hydroxylation is 2. The van der Waals surface area contributed by atoms with E-state index in [4.69, 9.17) is 0 Å². The van der Waals surface area contributed by atoms with Crippen LogP contribution in [-0.2, 0) is 0 Å². The van der Waals surface area contributed by atoms with Crippen LogP contribution in [0.15, 0.2) is 41.0 Å². The standard InChI is InChI=1S/C16H13BrN2O/c1-9-5-11(6-10(2)15(9)20)16-18-8-12-7-13(17)3-4-14(12)19-16/h3-8,20H,1-2H3. The monoisotopic (exact) mass is 328 g/mol. The van der Waals surface area contributed by atoms with E-state index in [-0.39, 0.29) is 0 Å². The minimum absolute atomic E-state index is 0.332. The predicted molar refractivity (Wildman–Crippen MR) is 83.8 cm³/mol. The van der Waals surface area contributed by atoms with Crippen LogP contribution in [0.4, 0.5) is 0 Å². The van der Waals surface area contributed by atoms with Gasteiger partial charge in [0.05, 0.1) is 5.52 Å². The number of hydrogen-bond acceptors (Lipinski definition) is 3. The van der Waals surface area contributed by atoms with Gasteiger partial charge in [-0.2, -0.15) is 0 Å². The molecule has 3 aromatic rings. The third-order valence-electron chi connectivity index (χ3n) is 3.29. The topological polar surface area (TPSA) is 46.0 Å². The molecular formula is C16H13BrN2O. The highest BCUT2D eigenvalue weighted by Crippen LogP contribution is 2.28. The fraction of sp³-hybridized carbons (Fsp3) is 0.125. The van der Waals surface area contributed by atoms with Crippen LogP contribution in [0.1, 0.15) is 11.1 Å². The van der Waals surface area contributed by atoms with Gasteiger partial charge in [0, 0.05) is 21.6 Å². The van der Waals surface area contributed by atoms with Crippen molar-refractivity contribution in [1.82, 2.24) is 9.97 Å². The zero-order valence-corrected chi connectivity index (χ0v) is 12.8. The van der Waals surface area contributed by atoms with E-state index in [0.717, 1.165) is 32.1 Å². The summed E-state index contributed by atoms with van der Waals surface area (Å²) in [7, 11) is 0. The number of nitrogens with zero attached hydrogens (tertiary/aromatic N) is 2. The first kappa shape index (κ1) is 13.1. The van der Waals surface area contributed by atoms with Crippen molar-refractivity contribution in [2.75, 3.05) is 0 Å². The largest absolute Gasteiger partial charge is 0.507 e. The number of phenolic OH excluding ortho intramolecular Hbond substituents is 1. The highest BCUT2D eigenvalue weighted by atomic mass is 79.9. The second-order valence-electron chi connectivity index (χ2n) is 4.86. The number of hydrogen-bond donors (Lipinski definition) is 1. The molecule has 0 fully saturated rings. The van der Waals surface area contributed by atoms with E-state index in [1.54, 1.807) is 0 Å². The molecule has 0 atom stereocenters. The molecule has 2 aromatic carbocycles. The van der Waals surface area contributed by atoms with Crippen LogP contribution in [-0.4, -0.2) is 15.1 Å². The maximum absolute atomic E-state index is 9.83. The second kappa shape index (κ2) is 4.87. The van der Waals surface area contributed by atoms with Crippen LogP contribution in [0, 0.1) is 13.8 Å². The van der Waals surface area contributed by atoms with Gasteiger partial charge in [-0.25, -0.2) is 9.97 Å². The van der Waals surface area contributed by atoms with Crippen molar-refractivity contribution in [2.45, 2.75) is 13.8 Å². The molecule has 0 bridgehead atoms. The van der Waals surface area contributed by atoms with Gasteiger partial charge in [-0.15, -0.1) is 0 Å². The van der Waals surface area contributed by atoms with Crippen molar-refractivity contribution >= 4 is 26.8 Å². The van der Waals surface area contributed by atoms with Crippen LogP contribution < -0.4 is 0 Å². The smallest absolute Gasteiger partial charge is 0.159 e. The molecule has 1 aromatic heterocycles. The van der Waals surface area contributed by atoms with Crippen molar-refractivity contribution in [3.63, 3.8) is 0 Å². The van der Waals surface area contributed by atoms with Gasteiger partial charge >= 0.3 is 0 Å². The fourth-order valence-corrected chi connectivity index (χ4v) is 2.61. The SMILES string of the molecule is Cc1cc(-c2ncc3cc(Br)ccc3n2)cc(C)c1O. The summed E-state index contributed by atoms with van der Waals surface area (Å²) < 4.78 is 1.01. The number of halogens is 1. The molecule has 1 N–H and O–H groups in total. The van der Waals surface area contributed by atoms with Crippen molar-refractivity contribution in [3.8, 4) is 17.1 Å². The lowest BCUT2D eigenvalue weighted by atomic mass is 10.1. The molecule has 20 heavy (non-hydrogen) atoms. The number of rotatable bonds is 1. The van der Waals surface area contributed by atoms with E-state index < -0.39 is 0 Å². The molecule has 0 saturated heterocycles. The van der Waals surface area contributed by atoms with Crippen molar-refractivity contribution in [2.24, 2.45) is 0 Å². The summed E-state index contributed by atoms with van der Waals surface area (Å²) in [6, 6.07) is 9.73. The first-order valence-electron chi connectivity index (χ1n) is 6.27. The molecule has 0 aliphatic rings. The molecule has 0 amide bonds. The first-order chi connectivity index (χ1) is 9.54. The fourth-order valence-electron chi connectivity index (χ4n) is 2.23. The van der Waals surface area contributed by atoms with E-state index in [0.29, 0.717) is 11.6 Å². The average molecular weight is 329 g/mol. The lowest BCUT2D eigenvalue weighted by Gasteiger charge is -2.07. The van der Waals surface area contributed by atoms with Crippen molar-refractivity contribution < 1.29 is 5.11 Å². The van der Waals surface area contributed by atoms with Crippen LogP contribution in [0.2, 0.25) is 0 Å². The van der Waals surface area contributed by atoms with Gasteiger partial charge in [0.1, 0.15) is 5.75 Å². The molecule has 0 saturated carbocycles. The first-order valence-corrected chi connectivity index (χ1v) is 7.07. The Morgan fingerprint density at radius 1 is 1.05 bits per heavy atom. The Bertz CT molecular complexity index is 792. The van der Waals surface area contributed by atoms with Gasteiger partial charge in [-0.1, -0.05) is 15.9 Å². The molecule has 3 rings (SSSR count). The zero-order chi connectivity index (χ0) is 14.3. The summed E-state index contributed by atoms with van der Waals surface area (Å²) in [5.41, 5.74) is 3.49. The predicted octanol–water partition coefficient (Wildman–Crippen LogP) is 4.38. The molecule has 3 nitrogen and oxygen atoms in total. The van der Waals surface area contributed by atoms with E-state index in [9.17, 15) is 5.11 Å².